The van der Waals surface area contributed by atoms with Gasteiger partial charge < -0.3 is 15.0 Å². The van der Waals surface area contributed by atoms with Gasteiger partial charge in [-0.1, -0.05) is 0 Å². The highest BCUT2D eigenvalue weighted by Crippen LogP contribution is 2.31. The second-order valence-electron chi connectivity index (χ2n) is 4.05. The first kappa shape index (κ1) is 15.1. The molecule has 0 aromatic heterocycles. The van der Waals surface area contributed by atoms with Crippen LogP contribution in [0.3, 0.4) is 0 Å². The average Bonchev–Trinajstić information content (AvgIpc) is 2.27. The highest BCUT2D eigenvalue weighted by molar-refractivity contribution is 5.58. The summed E-state index contributed by atoms with van der Waals surface area (Å²) in [5, 5.41) is 13.6. The summed E-state index contributed by atoms with van der Waals surface area (Å²) < 4.78 is 28.5. The molecule has 0 aliphatic carbocycles. The van der Waals surface area contributed by atoms with E-state index in [0.29, 0.717) is 12.2 Å². The predicted octanol–water partition coefficient (Wildman–Crippen LogP) is 2.17. The molecule has 0 saturated carbocycles. The van der Waals surface area contributed by atoms with Crippen molar-refractivity contribution in [2.24, 2.45) is 0 Å². The molecule has 0 unspecified atom stereocenters. The summed E-state index contributed by atoms with van der Waals surface area (Å²) in [5.74, 6) is -0.449. The number of rotatable bonds is 7. The van der Waals surface area contributed by atoms with Gasteiger partial charge in [-0.15, -0.1) is 0 Å². The lowest BCUT2D eigenvalue weighted by molar-refractivity contribution is -0.386. The molecule has 1 rings (SSSR count). The molecule has 0 bridgehead atoms. The number of likely N-dealkylation sites (N-methyl/N-ethyl adjacent to an activating group) is 1. The van der Waals surface area contributed by atoms with Crippen molar-refractivity contribution in [1.29, 1.82) is 0 Å². The number of hydrogen-bond donors (Lipinski definition) is 1. The van der Waals surface area contributed by atoms with E-state index in [4.69, 9.17) is 0 Å². The monoisotopic (exact) mass is 275 g/mol. The minimum absolute atomic E-state index is 0.449. The van der Waals surface area contributed by atoms with Crippen molar-refractivity contribution in [2.45, 2.75) is 6.61 Å². The third kappa shape index (κ3) is 5.04. The number of anilines is 1. The lowest BCUT2D eigenvalue weighted by Gasteiger charge is -2.12. The van der Waals surface area contributed by atoms with Crippen molar-refractivity contribution in [1.82, 2.24) is 4.90 Å². The molecule has 106 valence electrons. The van der Waals surface area contributed by atoms with Crippen LogP contribution in [0, 0.1) is 10.1 Å². The molecule has 0 saturated heterocycles. The van der Waals surface area contributed by atoms with E-state index in [1.165, 1.54) is 12.1 Å². The lowest BCUT2D eigenvalue weighted by atomic mass is 10.2. The van der Waals surface area contributed by atoms with Crippen molar-refractivity contribution >= 4 is 11.4 Å². The Kier molecular flexibility index (Phi) is 5.43. The van der Waals surface area contributed by atoms with E-state index in [9.17, 15) is 18.9 Å². The highest BCUT2D eigenvalue weighted by Gasteiger charge is 2.18. The lowest BCUT2D eigenvalue weighted by Crippen LogP contribution is -2.20. The summed E-state index contributed by atoms with van der Waals surface area (Å²) in [6.45, 7) is -1.78. The molecule has 0 radical (unpaired) electrons. The number of halogens is 2. The number of nitrogens with zero attached hydrogens (tertiary/aromatic N) is 2. The van der Waals surface area contributed by atoms with E-state index in [-0.39, 0.29) is 0 Å². The van der Waals surface area contributed by atoms with Crippen LogP contribution in [0.2, 0.25) is 0 Å². The van der Waals surface area contributed by atoms with Crippen LogP contribution in [0.25, 0.3) is 0 Å². The van der Waals surface area contributed by atoms with Crippen molar-refractivity contribution in [3.63, 3.8) is 0 Å². The number of alkyl halides is 2. The molecule has 0 amide bonds. The molecular formula is C11H15F2N3O3. The zero-order valence-corrected chi connectivity index (χ0v) is 10.6. The Bertz CT molecular complexity index is 441. The van der Waals surface area contributed by atoms with E-state index < -0.39 is 23.0 Å². The van der Waals surface area contributed by atoms with Crippen LogP contribution in [-0.4, -0.2) is 43.6 Å². The van der Waals surface area contributed by atoms with Crippen LogP contribution >= 0.6 is 0 Å². The normalized spacial score (nSPS) is 10.8. The first-order valence-corrected chi connectivity index (χ1v) is 5.52. The Hall–Kier alpha value is -1.96. The number of nitro benzene ring substituents is 1. The average molecular weight is 275 g/mol. The molecule has 0 aliphatic rings. The topological polar surface area (TPSA) is 67.6 Å². The van der Waals surface area contributed by atoms with E-state index >= 15 is 0 Å². The minimum Gasteiger partial charge on any atom is -0.427 e. The van der Waals surface area contributed by atoms with Gasteiger partial charge in [0.25, 0.3) is 0 Å². The van der Waals surface area contributed by atoms with Crippen molar-refractivity contribution in [3.05, 3.63) is 28.3 Å². The summed E-state index contributed by atoms with van der Waals surface area (Å²) in [6.07, 6.45) is 0. The van der Waals surface area contributed by atoms with Gasteiger partial charge in [0.05, 0.1) is 4.92 Å². The Morgan fingerprint density at radius 1 is 1.47 bits per heavy atom. The van der Waals surface area contributed by atoms with Crippen LogP contribution in [0.1, 0.15) is 0 Å². The Labute approximate surface area is 109 Å². The Morgan fingerprint density at radius 2 is 2.16 bits per heavy atom. The molecule has 0 spiro atoms. The summed E-state index contributed by atoms with van der Waals surface area (Å²) in [5.41, 5.74) is 0.00144. The molecule has 0 heterocycles. The van der Waals surface area contributed by atoms with E-state index in [1.807, 2.05) is 19.0 Å². The third-order valence-corrected chi connectivity index (χ3v) is 2.26. The highest BCUT2D eigenvalue weighted by atomic mass is 19.3. The van der Waals surface area contributed by atoms with Gasteiger partial charge in [0.15, 0.2) is 0 Å². The zero-order chi connectivity index (χ0) is 14.4. The fraction of sp³-hybridized carbons (Fsp3) is 0.455. The number of ether oxygens (including phenoxy) is 1. The maximum atomic E-state index is 12.2. The first-order chi connectivity index (χ1) is 8.90. The van der Waals surface area contributed by atoms with Gasteiger partial charge in [-0.2, -0.15) is 8.78 Å². The minimum atomic E-state index is -3.10. The van der Waals surface area contributed by atoms with Crippen LogP contribution in [0.5, 0.6) is 5.75 Å². The molecule has 1 aromatic rings. The molecule has 0 fully saturated rings. The van der Waals surface area contributed by atoms with Crippen molar-refractivity contribution in [3.8, 4) is 5.75 Å². The molecule has 19 heavy (non-hydrogen) atoms. The Morgan fingerprint density at radius 3 is 2.68 bits per heavy atom. The van der Waals surface area contributed by atoms with Gasteiger partial charge in [0, 0.05) is 30.9 Å². The summed E-state index contributed by atoms with van der Waals surface area (Å²) in [6, 6.07) is 3.78. The molecule has 1 N–H and O–H groups in total. The molecule has 0 aliphatic heterocycles. The zero-order valence-electron chi connectivity index (χ0n) is 10.6. The number of benzene rings is 1. The number of hydrogen-bond acceptors (Lipinski definition) is 5. The van der Waals surface area contributed by atoms with Crippen LogP contribution in [0.4, 0.5) is 20.2 Å². The van der Waals surface area contributed by atoms with Crippen LogP contribution in [-0.2, 0) is 0 Å². The predicted molar refractivity (Wildman–Crippen MR) is 66.8 cm³/mol. The van der Waals surface area contributed by atoms with Gasteiger partial charge in [0.1, 0.15) is 0 Å². The number of nitrogens with one attached hydrogen (secondary N) is 1. The van der Waals surface area contributed by atoms with Gasteiger partial charge in [0.2, 0.25) is 5.75 Å². The maximum Gasteiger partial charge on any atom is 0.387 e. The summed E-state index contributed by atoms with van der Waals surface area (Å²) in [4.78, 5) is 11.8. The molecular weight excluding hydrogens is 260 g/mol. The van der Waals surface area contributed by atoms with Gasteiger partial charge in [-0.3, -0.25) is 10.1 Å². The molecule has 1 aromatic carbocycles. The number of nitro groups is 1. The largest absolute Gasteiger partial charge is 0.427 e. The standard InChI is InChI=1S/C11H15F2N3O3/c1-15(2)6-5-14-8-3-4-9(16(17)18)10(7-8)19-11(12)13/h3-4,7,11,14H,5-6H2,1-2H3. The fourth-order valence-electron chi connectivity index (χ4n) is 1.39. The second kappa shape index (κ2) is 6.83. The maximum absolute atomic E-state index is 12.2. The smallest absolute Gasteiger partial charge is 0.387 e. The fourth-order valence-corrected chi connectivity index (χ4v) is 1.39. The Balaban J connectivity index is 2.82. The van der Waals surface area contributed by atoms with Gasteiger partial charge in [-0.25, -0.2) is 0 Å². The second-order valence-corrected chi connectivity index (χ2v) is 4.05. The summed E-state index contributed by atoms with van der Waals surface area (Å²) >= 11 is 0. The first-order valence-electron chi connectivity index (χ1n) is 5.52. The molecule has 0 atom stereocenters. The van der Waals surface area contributed by atoms with Gasteiger partial charge in [-0.05, 0) is 20.2 Å². The van der Waals surface area contributed by atoms with E-state index in [2.05, 4.69) is 10.1 Å². The summed E-state index contributed by atoms with van der Waals surface area (Å²) in [7, 11) is 3.78. The van der Waals surface area contributed by atoms with Crippen molar-refractivity contribution < 1.29 is 18.4 Å². The molecule has 8 heteroatoms. The quantitative estimate of drug-likeness (QED) is 0.610. The van der Waals surface area contributed by atoms with Crippen LogP contribution < -0.4 is 10.1 Å². The molecule has 6 nitrogen and oxygen atoms in total. The third-order valence-electron chi connectivity index (χ3n) is 2.26. The van der Waals surface area contributed by atoms with Gasteiger partial charge >= 0.3 is 12.3 Å². The van der Waals surface area contributed by atoms with E-state index in [0.717, 1.165) is 12.6 Å². The van der Waals surface area contributed by atoms with E-state index in [1.54, 1.807) is 0 Å². The van der Waals surface area contributed by atoms with Crippen LogP contribution in [0.15, 0.2) is 18.2 Å². The SMILES string of the molecule is CN(C)CCNc1ccc([N+](=O)[O-])c(OC(F)F)c1. The van der Waals surface area contributed by atoms with Crippen molar-refractivity contribution in [2.75, 3.05) is 32.5 Å².